The smallest absolute Gasteiger partial charge is 0.366 e. The number of unbranched alkanes of at least 4 members (excludes halogenated alkanes) is 1. The van der Waals surface area contributed by atoms with Crippen LogP contribution in [0, 0.1) is 0 Å². The highest BCUT2D eigenvalue weighted by Crippen LogP contribution is 2.28. The lowest BCUT2D eigenvalue weighted by Gasteiger charge is -2.09. The van der Waals surface area contributed by atoms with Gasteiger partial charge in [0.05, 0.1) is 38.1 Å². The lowest BCUT2D eigenvalue weighted by Crippen LogP contribution is -2.09. The van der Waals surface area contributed by atoms with E-state index in [0.29, 0.717) is 36.5 Å². The molecule has 0 saturated heterocycles. The molecule has 0 aliphatic heterocycles. The molecule has 0 unspecified atom stereocenters. The average molecular weight is 625 g/mol. The summed E-state index contributed by atoms with van der Waals surface area (Å²) in [5, 5.41) is 0. The van der Waals surface area contributed by atoms with Gasteiger partial charge in [0.1, 0.15) is 17.2 Å². The average Bonchev–Trinajstić information content (AvgIpc) is 3.07. The number of esters is 3. The van der Waals surface area contributed by atoms with Crippen LogP contribution in [0.15, 0.2) is 122 Å². The van der Waals surface area contributed by atoms with Gasteiger partial charge in [-0.3, -0.25) is 4.79 Å². The minimum absolute atomic E-state index is 0.0782. The van der Waals surface area contributed by atoms with E-state index in [2.05, 4.69) is 17.9 Å². The van der Waals surface area contributed by atoms with Crippen molar-refractivity contribution >= 4 is 17.9 Å². The van der Waals surface area contributed by atoms with Gasteiger partial charge in [-0.25, -0.2) is 9.59 Å². The predicted molar refractivity (Wildman–Crippen MR) is 171 cm³/mol. The number of hydrogen-bond donors (Lipinski definition) is 0. The van der Waals surface area contributed by atoms with Gasteiger partial charge < -0.3 is 23.7 Å². The maximum absolute atomic E-state index is 12.6. The van der Waals surface area contributed by atoms with Gasteiger partial charge in [-0.2, -0.15) is 4.39 Å². The summed E-state index contributed by atoms with van der Waals surface area (Å²) in [5.41, 5.74) is 4.42. The van der Waals surface area contributed by atoms with Gasteiger partial charge in [0, 0.05) is 0 Å². The molecule has 4 rings (SSSR count). The first kappa shape index (κ1) is 33.2. The molecule has 0 heterocycles. The minimum Gasteiger partial charge on any atom is -0.494 e. The van der Waals surface area contributed by atoms with Gasteiger partial charge in [0.2, 0.25) is 5.83 Å². The van der Waals surface area contributed by atoms with Crippen molar-refractivity contribution in [3.63, 3.8) is 0 Å². The Kier molecular flexibility index (Phi) is 12.2. The molecule has 0 saturated carbocycles. The molecule has 9 heteroatoms. The number of carbonyl (C=O) groups is 3. The maximum Gasteiger partial charge on any atom is 0.366 e. The molecule has 0 aliphatic carbocycles. The van der Waals surface area contributed by atoms with Crippen molar-refractivity contribution in [1.82, 2.24) is 0 Å². The third-order valence-electron chi connectivity index (χ3n) is 6.61. The van der Waals surface area contributed by atoms with Gasteiger partial charge in [-0.05, 0) is 83.6 Å². The highest BCUT2D eigenvalue weighted by Gasteiger charge is 2.10. The van der Waals surface area contributed by atoms with E-state index >= 15 is 0 Å². The summed E-state index contributed by atoms with van der Waals surface area (Å²) in [6.07, 6.45) is 2.36. The fourth-order valence-corrected chi connectivity index (χ4v) is 4.21. The Morgan fingerprint density at radius 2 is 1.09 bits per heavy atom. The van der Waals surface area contributed by atoms with E-state index in [-0.39, 0.29) is 19.6 Å². The van der Waals surface area contributed by atoms with Crippen LogP contribution in [0.4, 0.5) is 4.39 Å². The molecule has 236 valence electrons. The second kappa shape index (κ2) is 17.0. The van der Waals surface area contributed by atoms with Crippen LogP contribution in [-0.2, 0) is 19.1 Å². The predicted octanol–water partition coefficient (Wildman–Crippen LogP) is 7.88. The SMILES string of the molecule is C=COC(=O)CCOc1ccc(C(=O)Oc2ccc(-c3ccc(-c4ccc(OCCCCOC(=O)C(=C)F)cc4)cc3)cc2)cc1. The van der Waals surface area contributed by atoms with Gasteiger partial charge in [0.25, 0.3) is 0 Å². The summed E-state index contributed by atoms with van der Waals surface area (Å²) in [5.74, 6) is -1.42. The molecule has 0 aliphatic rings. The van der Waals surface area contributed by atoms with E-state index in [9.17, 15) is 18.8 Å². The molecule has 0 spiro atoms. The van der Waals surface area contributed by atoms with Gasteiger partial charge in [-0.15, -0.1) is 0 Å². The Morgan fingerprint density at radius 1 is 0.630 bits per heavy atom. The number of halogens is 1. The number of hydrogen-bond acceptors (Lipinski definition) is 8. The second-order valence-corrected chi connectivity index (χ2v) is 9.89. The van der Waals surface area contributed by atoms with Crippen LogP contribution < -0.4 is 14.2 Å². The normalized spacial score (nSPS) is 10.4. The Morgan fingerprint density at radius 3 is 1.61 bits per heavy atom. The van der Waals surface area contributed by atoms with Crippen LogP contribution in [0.3, 0.4) is 0 Å². The quantitative estimate of drug-likeness (QED) is 0.0408. The molecule has 0 amide bonds. The summed E-state index contributed by atoms with van der Waals surface area (Å²) >= 11 is 0. The van der Waals surface area contributed by atoms with Crippen LogP contribution in [-0.4, -0.2) is 37.7 Å². The molecule has 4 aromatic carbocycles. The van der Waals surface area contributed by atoms with Crippen LogP contribution >= 0.6 is 0 Å². The number of benzene rings is 4. The number of carbonyl (C=O) groups excluding carboxylic acids is 3. The van der Waals surface area contributed by atoms with E-state index in [0.717, 1.165) is 34.3 Å². The molecule has 0 bridgehead atoms. The van der Waals surface area contributed by atoms with Gasteiger partial charge in [0.15, 0.2) is 0 Å². The lowest BCUT2D eigenvalue weighted by molar-refractivity contribution is -0.141. The zero-order valence-corrected chi connectivity index (χ0v) is 25.1. The summed E-state index contributed by atoms with van der Waals surface area (Å²) in [6.45, 7) is 6.93. The molecule has 4 aromatic rings. The van der Waals surface area contributed by atoms with Crippen molar-refractivity contribution in [1.29, 1.82) is 0 Å². The molecular weight excluding hydrogens is 591 g/mol. The fourth-order valence-electron chi connectivity index (χ4n) is 4.21. The summed E-state index contributed by atoms with van der Waals surface area (Å²) in [7, 11) is 0. The fraction of sp³-hybridized carbons (Fsp3) is 0.162. The van der Waals surface area contributed by atoms with Crippen molar-refractivity contribution in [2.45, 2.75) is 19.3 Å². The Hall–Kier alpha value is -5.70. The van der Waals surface area contributed by atoms with Gasteiger partial charge >= 0.3 is 17.9 Å². The maximum atomic E-state index is 12.6. The Bertz CT molecular complexity index is 1630. The van der Waals surface area contributed by atoms with Crippen LogP contribution in [0.1, 0.15) is 29.6 Å². The van der Waals surface area contributed by atoms with Crippen molar-refractivity contribution in [2.24, 2.45) is 0 Å². The van der Waals surface area contributed by atoms with Gasteiger partial charge in [-0.1, -0.05) is 61.7 Å². The van der Waals surface area contributed by atoms with Crippen LogP contribution in [0.2, 0.25) is 0 Å². The standard InChI is InChI=1S/C37H33FO8/c1-3-42-35(39)22-25-44-33-18-14-31(15-19-33)37(41)46-34-20-12-30(13-21-34)28-8-6-27(7-9-28)29-10-16-32(17-11-29)43-23-4-5-24-45-36(40)26(2)38/h3,6-21H,1-2,4-5,22-25H2. The van der Waals surface area contributed by atoms with Crippen molar-refractivity contribution in [3.8, 4) is 39.5 Å². The Labute approximate surface area is 266 Å². The topological polar surface area (TPSA) is 97.4 Å². The van der Waals surface area contributed by atoms with Crippen molar-refractivity contribution in [2.75, 3.05) is 19.8 Å². The van der Waals surface area contributed by atoms with Crippen molar-refractivity contribution < 1.29 is 42.5 Å². The monoisotopic (exact) mass is 624 g/mol. The van der Waals surface area contributed by atoms with E-state index < -0.39 is 23.7 Å². The molecule has 0 atom stereocenters. The lowest BCUT2D eigenvalue weighted by atomic mass is 10.0. The highest BCUT2D eigenvalue weighted by atomic mass is 19.1. The molecule has 0 radical (unpaired) electrons. The number of rotatable bonds is 16. The highest BCUT2D eigenvalue weighted by molar-refractivity contribution is 5.91. The first-order valence-electron chi connectivity index (χ1n) is 14.5. The zero-order chi connectivity index (χ0) is 32.7. The minimum atomic E-state index is -1.10. The first-order chi connectivity index (χ1) is 22.3. The Balaban J connectivity index is 1.23. The van der Waals surface area contributed by atoms with E-state index in [4.69, 9.17) is 18.9 Å². The summed E-state index contributed by atoms with van der Waals surface area (Å²) in [6, 6.07) is 29.6. The van der Waals surface area contributed by atoms with E-state index in [1.807, 2.05) is 60.7 Å². The largest absolute Gasteiger partial charge is 0.494 e. The molecule has 0 fully saturated rings. The third-order valence-corrected chi connectivity index (χ3v) is 6.61. The second-order valence-electron chi connectivity index (χ2n) is 9.89. The van der Waals surface area contributed by atoms with E-state index in [1.54, 1.807) is 36.4 Å². The third kappa shape index (κ3) is 10.2. The summed E-state index contributed by atoms with van der Waals surface area (Å²) < 4.78 is 38.7. The molecular formula is C37H33FO8. The van der Waals surface area contributed by atoms with E-state index in [1.165, 1.54) is 0 Å². The molecule has 46 heavy (non-hydrogen) atoms. The molecule has 0 N–H and O–H groups in total. The molecule has 0 aromatic heterocycles. The molecule has 8 nitrogen and oxygen atoms in total. The number of ether oxygens (including phenoxy) is 5. The summed E-state index contributed by atoms with van der Waals surface area (Å²) in [4.78, 5) is 35.0. The van der Waals surface area contributed by atoms with Crippen LogP contribution in [0.5, 0.6) is 17.2 Å². The first-order valence-corrected chi connectivity index (χ1v) is 14.5. The van der Waals surface area contributed by atoms with Crippen molar-refractivity contribution in [3.05, 3.63) is 128 Å². The zero-order valence-electron chi connectivity index (χ0n) is 25.1. The van der Waals surface area contributed by atoms with Crippen LogP contribution in [0.25, 0.3) is 22.3 Å².